The summed E-state index contributed by atoms with van der Waals surface area (Å²) in [4.78, 5) is 0. The molecule has 0 aromatic rings. The molecule has 0 aromatic heterocycles. The third-order valence-corrected chi connectivity index (χ3v) is 3.36. The third-order valence-electron chi connectivity index (χ3n) is 3.36. The van der Waals surface area contributed by atoms with Crippen LogP contribution in [0.3, 0.4) is 0 Å². The van der Waals surface area contributed by atoms with Gasteiger partial charge < -0.3 is 5.11 Å². The zero-order valence-electron chi connectivity index (χ0n) is 9.25. The fourth-order valence-corrected chi connectivity index (χ4v) is 2.39. The molecule has 2 atom stereocenters. The van der Waals surface area contributed by atoms with Crippen molar-refractivity contribution in [3.8, 4) is 6.07 Å². The number of hydrogen-bond donors (Lipinski definition) is 1. The van der Waals surface area contributed by atoms with Crippen LogP contribution in [0.15, 0.2) is 11.6 Å². The van der Waals surface area contributed by atoms with E-state index in [0.29, 0.717) is 12.3 Å². The number of aliphatic hydroxyl groups excluding tert-OH is 1. The van der Waals surface area contributed by atoms with Crippen molar-refractivity contribution in [1.29, 1.82) is 5.26 Å². The van der Waals surface area contributed by atoms with Crippen LogP contribution in [-0.2, 0) is 0 Å². The Morgan fingerprint density at radius 2 is 2.36 bits per heavy atom. The highest BCUT2D eigenvalue weighted by atomic mass is 16.3. The molecule has 0 fully saturated rings. The Morgan fingerprint density at radius 1 is 1.71 bits per heavy atom. The van der Waals surface area contributed by atoms with Gasteiger partial charge in [0.25, 0.3) is 0 Å². The Bertz CT molecular complexity index is 273. The van der Waals surface area contributed by atoms with Crippen LogP contribution in [0.1, 0.15) is 40.0 Å². The second-order valence-electron chi connectivity index (χ2n) is 4.91. The average molecular weight is 193 g/mol. The molecule has 0 amide bonds. The summed E-state index contributed by atoms with van der Waals surface area (Å²) in [5.41, 5.74) is 1.55. The molecule has 0 aliphatic heterocycles. The number of rotatable bonds is 2. The number of hydrogen-bond acceptors (Lipinski definition) is 2. The van der Waals surface area contributed by atoms with E-state index in [2.05, 4.69) is 26.8 Å². The summed E-state index contributed by atoms with van der Waals surface area (Å²) in [7, 11) is 0. The van der Waals surface area contributed by atoms with Crippen LogP contribution in [0.4, 0.5) is 0 Å². The first-order valence-corrected chi connectivity index (χ1v) is 5.21. The van der Waals surface area contributed by atoms with E-state index in [0.717, 1.165) is 12.8 Å². The van der Waals surface area contributed by atoms with E-state index < -0.39 is 6.10 Å². The smallest absolute Gasteiger partial charge is 0.141 e. The van der Waals surface area contributed by atoms with Gasteiger partial charge in [-0.15, -0.1) is 0 Å². The molecule has 0 aromatic carbocycles. The van der Waals surface area contributed by atoms with E-state index in [4.69, 9.17) is 5.26 Å². The van der Waals surface area contributed by atoms with Crippen LogP contribution in [0, 0.1) is 22.7 Å². The summed E-state index contributed by atoms with van der Waals surface area (Å²) < 4.78 is 0. The summed E-state index contributed by atoms with van der Waals surface area (Å²) in [5, 5.41) is 18.0. The molecule has 1 aliphatic rings. The zero-order valence-corrected chi connectivity index (χ0v) is 9.25. The normalized spacial score (nSPS) is 27.6. The van der Waals surface area contributed by atoms with Gasteiger partial charge in [0.2, 0.25) is 0 Å². The van der Waals surface area contributed by atoms with Crippen LogP contribution in [0.2, 0.25) is 0 Å². The van der Waals surface area contributed by atoms with Crippen LogP contribution in [0.5, 0.6) is 0 Å². The van der Waals surface area contributed by atoms with E-state index in [1.54, 1.807) is 0 Å². The Kier molecular flexibility index (Phi) is 3.34. The molecule has 0 radical (unpaired) electrons. The van der Waals surface area contributed by atoms with Gasteiger partial charge in [-0.3, -0.25) is 0 Å². The van der Waals surface area contributed by atoms with E-state index in [-0.39, 0.29) is 5.41 Å². The van der Waals surface area contributed by atoms with Crippen molar-refractivity contribution < 1.29 is 5.11 Å². The maximum Gasteiger partial charge on any atom is 0.141 e. The molecule has 1 unspecified atom stereocenters. The second-order valence-corrected chi connectivity index (χ2v) is 4.91. The minimum absolute atomic E-state index is 0.219. The monoisotopic (exact) mass is 193 g/mol. The lowest BCUT2D eigenvalue weighted by Crippen LogP contribution is -2.30. The van der Waals surface area contributed by atoms with Gasteiger partial charge in [0.05, 0.1) is 6.07 Å². The van der Waals surface area contributed by atoms with Gasteiger partial charge >= 0.3 is 0 Å². The minimum Gasteiger partial charge on any atom is -0.378 e. The van der Waals surface area contributed by atoms with E-state index in [9.17, 15) is 5.11 Å². The summed E-state index contributed by atoms with van der Waals surface area (Å²) >= 11 is 0. The molecule has 0 spiro atoms. The first-order valence-electron chi connectivity index (χ1n) is 5.21. The molecular weight excluding hydrogens is 174 g/mol. The van der Waals surface area contributed by atoms with Gasteiger partial charge in [0.1, 0.15) is 6.10 Å². The lowest BCUT2D eigenvalue weighted by atomic mass is 9.67. The van der Waals surface area contributed by atoms with Crippen molar-refractivity contribution in [3.05, 3.63) is 11.6 Å². The lowest BCUT2D eigenvalue weighted by molar-refractivity contribution is 0.134. The molecule has 0 saturated carbocycles. The molecule has 1 rings (SSSR count). The SMILES string of the molecule is CC1=CCCC(C)(C)C1C[C@H](O)C#N. The van der Waals surface area contributed by atoms with Crippen molar-refractivity contribution in [2.75, 3.05) is 0 Å². The van der Waals surface area contributed by atoms with Crippen LogP contribution in [-0.4, -0.2) is 11.2 Å². The fourth-order valence-electron chi connectivity index (χ4n) is 2.39. The molecule has 78 valence electrons. The van der Waals surface area contributed by atoms with E-state index in [1.165, 1.54) is 5.57 Å². The third kappa shape index (κ3) is 2.36. The summed E-state index contributed by atoms with van der Waals surface area (Å²) in [5.74, 6) is 0.353. The molecule has 1 N–H and O–H groups in total. The summed E-state index contributed by atoms with van der Waals surface area (Å²) in [6.45, 7) is 6.55. The van der Waals surface area contributed by atoms with Gasteiger partial charge in [-0.25, -0.2) is 0 Å². The van der Waals surface area contributed by atoms with Gasteiger partial charge in [-0.05, 0) is 37.5 Å². The quantitative estimate of drug-likeness (QED) is 0.541. The van der Waals surface area contributed by atoms with Crippen LogP contribution < -0.4 is 0 Å². The number of aliphatic hydroxyl groups is 1. The number of nitriles is 1. The average Bonchev–Trinajstić information content (AvgIpc) is 2.11. The molecule has 0 bridgehead atoms. The maximum atomic E-state index is 9.37. The molecule has 0 saturated heterocycles. The molecule has 0 heterocycles. The molecule has 1 aliphatic carbocycles. The van der Waals surface area contributed by atoms with Crippen molar-refractivity contribution in [2.45, 2.75) is 46.1 Å². The largest absolute Gasteiger partial charge is 0.378 e. The fraction of sp³-hybridized carbons (Fsp3) is 0.750. The standard InChI is InChI=1S/C12H19NO/c1-9-5-4-6-12(2,3)11(9)7-10(14)8-13/h5,10-11,14H,4,6-7H2,1-3H3/t10-,11?/m0/s1. The molecule has 2 heteroatoms. The van der Waals surface area contributed by atoms with Gasteiger partial charge in [0, 0.05) is 0 Å². The lowest BCUT2D eigenvalue weighted by Gasteiger charge is -2.38. The second kappa shape index (κ2) is 4.14. The van der Waals surface area contributed by atoms with Gasteiger partial charge in [0.15, 0.2) is 0 Å². The predicted molar refractivity (Wildman–Crippen MR) is 56.5 cm³/mol. The Morgan fingerprint density at radius 3 is 2.86 bits per heavy atom. The first kappa shape index (κ1) is 11.3. The zero-order chi connectivity index (χ0) is 10.8. The summed E-state index contributed by atoms with van der Waals surface area (Å²) in [6, 6.07) is 1.90. The van der Waals surface area contributed by atoms with Crippen molar-refractivity contribution >= 4 is 0 Å². The van der Waals surface area contributed by atoms with E-state index in [1.807, 2.05) is 6.07 Å². The van der Waals surface area contributed by atoms with Gasteiger partial charge in [-0.1, -0.05) is 25.5 Å². The highest BCUT2D eigenvalue weighted by Gasteiger charge is 2.33. The Hall–Kier alpha value is -0.810. The first-order chi connectivity index (χ1) is 6.47. The van der Waals surface area contributed by atoms with Crippen LogP contribution >= 0.6 is 0 Å². The summed E-state index contributed by atoms with van der Waals surface area (Å²) in [6.07, 6.45) is 4.26. The van der Waals surface area contributed by atoms with Crippen molar-refractivity contribution in [1.82, 2.24) is 0 Å². The van der Waals surface area contributed by atoms with Crippen LogP contribution in [0.25, 0.3) is 0 Å². The highest BCUT2D eigenvalue weighted by Crippen LogP contribution is 2.43. The molecule has 14 heavy (non-hydrogen) atoms. The Balaban J connectivity index is 2.77. The van der Waals surface area contributed by atoms with Gasteiger partial charge in [-0.2, -0.15) is 5.26 Å². The Labute approximate surface area is 86.2 Å². The topological polar surface area (TPSA) is 44.0 Å². The van der Waals surface area contributed by atoms with Crippen molar-refractivity contribution in [2.24, 2.45) is 11.3 Å². The van der Waals surface area contributed by atoms with Crippen molar-refractivity contribution in [3.63, 3.8) is 0 Å². The molecule has 2 nitrogen and oxygen atoms in total. The highest BCUT2D eigenvalue weighted by molar-refractivity contribution is 5.13. The van der Waals surface area contributed by atoms with E-state index >= 15 is 0 Å². The number of nitrogens with zero attached hydrogens (tertiary/aromatic N) is 1. The molecular formula is C12H19NO. The number of allylic oxidation sites excluding steroid dienone is 2. The minimum atomic E-state index is -0.819. The maximum absolute atomic E-state index is 9.37. The predicted octanol–water partition coefficient (Wildman–Crippen LogP) is 2.64.